The molecule has 5 atom stereocenters. The number of carbonyl (C=O) groups is 2. The molecule has 2 aliphatic rings. The predicted molar refractivity (Wildman–Crippen MR) is 128 cm³/mol. The second kappa shape index (κ2) is 9.92. The predicted octanol–water partition coefficient (Wildman–Crippen LogP) is 4.51. The summed E-state index contributed by atoms with van der Waals surface area (Å²) in [6, 6.07) is 4.73. The van der Waals surface area contributed by atoms with E-state index in [0.29, 0.717) is 18.6 Å². The molecule has 2 aromatic rings. The number of carbonyl (C=O) groups excluding carboxylic acids is 2. The lowest BCUT2D eigenvalue weighted by Crippen LogP contribution is -2.50. The second-order valence-electron chi connectivity index (χ2n) is 9.75. The molecule has 2 saturated carbocycles. The van der Waals surface area contributed by atoms with Gasteiger partial charge in [-0.1, -0.05) is 18.5 Å². The minimum atomic E-state index is -4.08. The summed E-state index contributed by atoms with van der Waals surface area (Å²) in [7, 11) is -2.86. The van der Waals surface area contributed by atoms with E-state index in [1.807, 2.05) is 6.92 Å². The molecule has 0 spiro atoms. The number of methoxy groups -OCH3 is 1. The fraction of sp³-hybridized carbons (Fsp3) is 0.440. The lowest BCUT2D eigenvalue weighted by atomic mass is 9.71. The summed E-state index contributed by atoms with van der Waals surface area (Å²) in [5.74, 6) is -7.08. The Kier molecular flexibility index (Phi) is 7.35. The van der Waals surface area contributed by atoms with E-state index in [-0.39, 0.29) is 46.3 Å². The molecule has 2 aromatic carbocycles. The van der Waals surface area contributed by atoms with E-state index in [2.05, 4.69) is 5.32 Å². The van der Waals surface area contributed by atoms with Gasteiger partial charge in [0.15, 0.2) is 27.3 Å². The molecule has 0 radical (unpaired) electrons. The average Bonchev–Trinajstić information content (AvgIpc) is 2.95. The van der Waals surface area contributed by atoms with E-state index >= 15 is 0 Å². The first-order chi connectivity index (χ1) is 17.3. The maximum absolute atomic E-state index is 13.7. The van der Waals surface area contributed by atoms with Crippen LogP contribution in [-0.4, -0.2) is 43.4 Å². The van der Waals surface area contributed by atoms with Gasteiger partial charge < -0.3 is 15.2 Å². The van der Waals surface area contributed by atoms with Crippen LogP contribution in [0.5, 0.6) is 0 Å². The van der Waals surface area contributed by atoms with Crippen LogP contribution in [0.4, 0.5) is 18.9 Å². The molecule has 3 unspecified atom stereocenters. The Morgan fingerprint density at radius 1 is 1.14 bits per heavy atom. The van der Waals surface area contributed by atoms with Gasteiger partial charge in [0.05, 0.1) is 34.3 Å². The molecule has 1 amide bonds. The molecule has 4 rings (SSSR count). The minimum absolute atomic E-state index is 0.0241. The number of ether oxygens (including phenoxy) is 1. The first-order valence-electron chi connectivity index (χ1n) is 11.6. The molecular formula is C25H25ClF3NO6S. The van der Waals surface area contributed by atoms with Crippen molar-refractivity contribution in [2.45, 2.75) is 48.4 Å². The normalized spacial score (nSPS) is 27.1. The Morgan fingerprint density at radius 2 is 1.78 bits per heavy atom. The van der Waals surface area contributed by atoms with E-state index in [9.17, 15) is 36.3 Å². The number of nitrogens with one attached hydrogen (secondary N) is 1. The highest BCUT2D eigenvalue weighted by Gasteiger charge is 2.59. The summed E-state index contributed by atoms with van der Waals surface area (Å²) in [6.07, 6.45) is 0.508. The van der Waals surface area contributed by atoms with E-state index < -0.39 is 61.9 Å². The summed E-state index contributed by atoms with van der Waals surface area (Å²) in [4.78, 5) is 24.3. The Bertz CT molecular complexity index is 1350. The van der Waals surface area contributed by atoms with Crippen molar-refractivity contribution in [1.82, 2.24) is 0 Å². The maximum atomic E-state index is 13.7. The quantitative estimate of drug-likeness (QED) is 0.398. The number of aliphatic hydroxyl groups is 1. The van der Waals surface area contributed by atoms with Gasteiger partial charge in [-0.25, -0.2) is 21.6 Å². The van der Waals surface area contributed by atoms with E-state index in [0.717, 1.165) is 6.07 Å². The summed E-state index contributed by atoms with van der Waals surface area (Å²) in [5, 5.41) is 12.5. The van der Waals surface area contributed by atoms with E-state index in [1.165, 1.54) is 19.2 Å². The fourth-order valence-electron chi connectivity index (χ4n) is 5.75. The molecule has 37 heavy (non-hydrogen) atoms. The first-order valence-corrected chi connectivity index (χ1v) is 13.5. The summed E-state index contributed by atoms with van der Waals surface area (Å²) in [5.41, 5.74) is -1.88. The third-order valence-corrected chi connectivity index (χ3v) is 10.2. The zero-order valence-corrected chi connectivity index (χ0v) is 21.5. The van der Waals surface area contributed by atoms with Gasteiger partial charge in [-0.3, -0.25) is 9.59 Å². The number of hydrogen-bond donors (Lipinski definition) is 2. The number of anilines is 1. The van der Waals surface area contributed by atoms with Crippen molar-refractivity contribution in [2.75, 3.05) is 12.4 Å². The Labute approximate surface area is 216 Å². The maximum Gasteiger partial charge on any atom is 0.308 e. The molecule has 0 heterocycles. The van der Waals surface area contributed by atoms with Crippen LogP contribution in [0.2, 0.25) is 5.02 Å². The molecule has 0 saturated heterocycles. The van der Waals surface area contributed by atoms with Crippen molar-refractivity contribution in [3.8, 4) is 0 Å². The summed E-state index contributed by atoms with van der Waals surface area (Å²) in [6.45, 7) is 1.90. The number of benzene rings is 2. The molecule has 12 heteroatoms. The molecule has 7 nitrogen and oxygen atoms in total. The van der Waals surface area contributed by atoms with Gasteiger partial charge in [-0.15, -0.1) is 0 Å². The molecule has 200 valence electrons. The van der Waals surface area contributed by atoms with Gasteiger partial charge in [0.1, 0.15) is 0 Å². The number of sulfone groups is 1. The van der Waals surface area contributed by atoms with Crippen molar-refractivity contribution >= 4 is 39.0 Å². The standard InChI is InChI=1S/C25H25ClF3NO6S/c1-12-5-14-7-16(10-17(12)25(14,33)11-22(31)36-2)37(34,35)21-6-13(3-4-18(21)26)24(32)30-15-8-19(27)23(29)20(28)9-15/h3-4,6,8-9,12,14,16-17,33H,5,7,10-11H2,1-2H3,(H,30,32)/t12-,14?,16?,17?,25+/m0/s1. The van der Waals surface area contributed by atoms with Gasteiger partial charge in [-0.05, 0) is 55.2 Å². The van der Waals surface area contributed by atoms with Gasteiger partial charge in [0.25, 0.3) is 5.91 Å². The third-order valence-electron chi connectivity index (χ3n) is 7.59. The number of halogens is 4. The molecule has 2 N–H and O–H groups in total. The van der Waals surface area contributed by atoms with Gasteiger partial charge >= 0.3 is 5.97 Å². The van der Waals surface area contributed by atoms with Crippen LogP contribution in [0, 0.1) is 35.2 Å². The number of rotatable bonds is 6. The third kappa shape index (κ3) is 4.96. The zero-order chi connectivity index (χ0) is 27.3. The Morgan fingerprint density at radius 3 is 2.38 bits per heavy atom. The minimum Gasteiger partial charge on any atom is -0.469 e. The topological polar surface area (TPSA) is 110 Å². The van der Waals surface area contributed by atoms with Crippen molar-refractivity contribution in [3.05, 3.63) is 58.4 Å². The molecule has 2 bridgehead atoms. The van der Waals surface area contributed by atoms with Crippen molar-refractivity contribution in [1.29, 1.82) is 0 Å². The molecule has 0 aliphatic heterocycles. The van der Waals surface area contributed by atoms with Crippen LogP contribution in [0.1, 0.15) is 43.0 Å². The highest BCUT2D eigenvalue weighted by molar-refractivity contribution is 7.92. The van der Waals surface area contributed by atoms with E-state index in [4.69, 9.17) is 16.3 Å². The van der Waals surface area contributed by atoms with Crippen LogP contribution in [0.3, 0.4) is 0 Å². The fourth-order valence-corrected chi connectivity index (χ4v) is 8.13. The lowest BCUT2D eigenvalue weighted by molar-refractivity contribution is -0.152. The largest absolute Gasteiger partial charge is 0.469 e. The summed E-state index contributed by atoms with van der Waals surface area (Å²) < 4.78 is 72.2. The van der Waals surface area contributed by atoms with Crippen LogP contribution >= 0.6 is 11.6 Å². The lowest BCUT2D eigenvalue weighted by Gasteiger charge is -2.42. The number of hydrogen-bond acceptors (Lipinski definition) is 6. The average molecular weight is 560 g/mol. The SMILES string of the molecule is COC(=O)C[C@@]1(O)C2CC(S(=O)(=O)c3cc(C(=O)Nc4cc(F)c(F)c(F)c4)ccc3Cl)CC1[C@@H](C)C2. The second-order valence-corrected chi connectivity index (χ2v) is 12.4. The summed E-state index contributed by atoms with van der Waals surface area (Å²) >= 11 is 6.22. The Hall–Kier alpha value is -2.63. The Balaban J connectivity index is 1.60. The van der Waals surface area contributed by atoms with Crippen LogP contribution in [0.15, 0.2) is 35.2 Å². The van der Waals surface area contributed by atoms with Crippen LogP contribution in [0.25, 0.3) is 0 Å². The van der Waals surface area contributed by atoms with Crippen LogP contribution < -0.4 is 5.32 Å². The van der Waals surface area contributed by atoms with E-state index in [1.54, 1.807) is 0 Å². The zero-order valence-electron chi connectivity index (χ0n) is 19.9. The van der Waals surface area contributed by atoms with Gasteiger partial charge in [0, 0.05) is 23.4 Å². The molecule has 2 fully saturated rings. The monoisotopic (exact) mass is 559 g/mol. The van der Waals surface area contributed by atoms with Crippen molar-refractivity contribution < 1.29 is 41.0 Å². The van der Waals surface area contributed by atoms with Gasteiger partial charge in [-0.2, -0.15) is 0 Å². The van der Waals surface area contributed by atoms with Crippen molar-refractivity contribution in [3.63, 3.8) is 0 Å². The van der Waals surface area contributed by atoms with Gasteiger partial charge in [0.2, 0.25) is 0 Å². The number of fused-ring (bicyclic) bond motifs is 2. The highest BCUT2D eigenvalue weighted by atomic mass is 35.5. The molecular weight excluding hydrogens is 535 g/mol. The highest BCUT2D eigenvalue weighted by Crippen LogP contribution is 2.56. The van der Waals surface area contributed by atoms with Crippen molar-refractivity contribution in [2.24, 2.45) is 17.8 Å². The number of esters is 1. The molecule has 2 aliphatic carbocycles. The molecule has 0 aromatic heterocycles. The van der Waals surface area contributed by atoms with Crippen LogP contribution in [-0.2, 0) is 19.4 Å². The first kappa shape index (κ1) is 27.4. The smallest absolute Gasteiger partial charge is 0.308 e. The number of amides is 1.